The molecule has 0 unspecified atom stereocenters. The predicted octanol–water partition coefficient (Wildman–Crippen LogP) is 2.70. The molecule has 5 heteroatoms. The van der Waals surface area contributed by atoms with E-state index < -0.39 is 17.7 Å². The maximum atomic E-state index is 14.2. The van der Waals surface area contributed by atoms with Crippen molar-refractivity contribution in [2.75, 3.05) is 19.8 Å². The van der Waals surface area contributed by atoms with Crippen LogP contribution < -0.4 is 0 Å². The van der Waals surface area contributed by atoms with E-state index in [1.165, 1.54) is 4.90 Å². The molecule has 0 aromatic rings. The number of hydrogen-bond acceptors (Lipinski definition) is 2. The zero-order valence-electron chi connectivity index (χ0n) is 11.4. The quantitative estimate of drug-likeness (QED) is 0.763. The van der Waals surface area contributed by atoms with Crippen LogP contribution in [0.1, 0.15) is 40.0 Å². The fourth-order valence-electron chi connectivity index (χ4n) is 2.26. The molecular formula is C13H23F2NO2. The highest BCUT2D eigenvalue weighted by Crippen LogP contribution is 2.34. The van der Waals surface area contributed by atoms with E-state index in [0.29, 0.717) is 26.2 Å². The lowest BCUT2D eigenvalue weighted by molar-refractivity contribution is -0.173. The van der Waals surface area contributed by atoms with Crippen LogP contribution in [-0.4, -0.2) is 42.5 Å². The summed E-state index contributed by atoms with van der Waals surface area (Å²) in [5, 5.41) is 0. The summed E-state index contributed by atoms with van der Waals surface area (Å²) >= 11 is 0. The van der Waals surface area contributed by atoms with Gasteiger partial charge < -0.3 is 9.64 Å². The summed E-state index contributed by atoms with van der Waals surface area (Å²) in [5.41, 5.74) is 0. The van der Waals surface area contributed by atoms with E-state index in [1.54, 1.807) is 13.8 Å². The molecule has 1 rings (SSSR count). The molecule has 0 aliphatic carbocycles. The summed E-state index contributed by atoms with van der Waals surface area (Å²) in [4.78, 5) is 13.3. The van der Waals surface area contributed by atoms with Crippen molar-refractivity contribution < 1.29 is 18.3 Å². The zero-order chi connectivity index (χ0) is 13.8. The van der Waals surface area contributed by atoms with Gasteiger partial charge in [0.2, 0.25) is 0 Å². The van der Waals surface area contributed by atoms with Crippen molar-refractivity contribution in [3.05, 3.63) is 0 Å². The summed E-state index contributed by atoms with van der Waals surface area (Å²) in [7, 11) is 0. The summed E-state index contributed by atoms with van der Waals surface area (Å²) in [6.07, 6.45) is 1.21. The highest BCUT2D eigenvalue weighted by molar-refractivity contribution is 5.84. The van der Waals surface area contributed by atoms with Gasteiger partial charge >= 0.3 is 5.92 Å². The number of hydrogen-bond donors (Lipinski definition) is 0. The zero-order valence-corrected chi connectivity index (χ0v) is 11.4. The van der Waals surface area contributed by atoms with E-state index in [-0.39, 0.29) is 18.9 Å². The molecule has 0 radical (unpaired) electrons. The highest BCUT2D eigenvalue weighted by atomic mass is 19.3. The summed E-state index contributed by atoms with van der Waals surface area (Å²) in [5.74, 6) is -5.16. The number of carbonyl (C=O) groups excluding carboxylic acids is 1. The Morgan fingerprint density at radius 3 is 2.39 bits per heavy atom. The van der Waals surface area contributed by atoms with Crippen LogP contribution in [0, 0.1) is 5.92 Å². The lowest BCUT2D eigenvalue weighted by atomic mass is 9.91. The molecule has 3 nitrogen and oxygen atoms in total. The van der Waals surface area contributed by atoms with Crippen LogP contribution in [-0.2, 0) is 9.53 Å². The molecule has 1 aliphatic heterocycles. The first-order valence-electron chi connectivity index (χ1n) is 6.67. The van der Waals surface area contributed by atoms with E-state index in [9.17, 15) is 13.6 Å². The Bertz CT molecular complexity index is 276. The Balaban J connectivity index is 2.77. The van der Waals surface area contributed by atoms with Gasteiger partial charge in [0.1, 0.15) is 0 Å². The van der Waals surface area contributed by atoms with Gasteiger partial charge in [-0.15, -0.1) is 0 Å². The van der Waals surface area contributed by atoms with Crippen molar-refractivity contribution in [2.24, 2.45) is 5.92 Å². The number of alkyl halides is 2. The lowest BCUT2D eigenvalue weighted by Crippen LogP contribution is -2.51. The lowest BCUT2D eigenvalue weighted by Gasteiger charge is -2.35. The maximum absolute atomic E-state index is 14.2. The smallest absolute Gasteiger partial charge is 0.327 e. The summed E-state index contributed by atoms with van der Waals surface area (Å²) in [6, 6.07) is -0.192. The standard InChI is InChI=1S/C13H23F2NO2/c1-4-7-16(10(2)3)12(17)13(14,15)11-5-8-18-9-6-11/h10-11H,4-9H2,1-3H3. The van der Waals surface area contributed by atoms with E-state index in [1.807, 2.05) is 6.92 Å². The van der Waals surface area contributed by atoms with Crippen LogP contribution in [0.15, 0.2) is 0 Å². The average Bonchev–Trinajstić information content (AvgIpc) is 2.35. The molecule has 1 heterocycles. The van der Waals surface area contributed by atoms with Crippen LogP contribution in [0.3, 0.4) is 0 Å². The molecule has 1 amide bonds. The molecule has 0 bridgehead atoms. The molecule has 0 aromatic carbocycles. The minimum Gasteiger partial charge on any atom is -0.381 e. The molecule has 0 spiro atoms. The molecule has 106 valence electrons. The van der Waals surface area contributed by atoms with Gasteiger partial charge in [0.15, 0.2) is 0 Å². The van der Waals surface area contributed by atoms with Gasteiger partial charge in [0.05, 0.1) is 0 Å². The van der Waals surface area contributed by atoms with Crippen LogP contribution in [0.2, 0.25) is 0 Å². The average molecular weight is 263 g/mol. The molecule has 0 aromatic heterocycles. The molecule has 18 heavy (non-hydrogen) atoms. The second kappa shape index (κ2) is 6.45. The van der Waals surface area contributed by atoms with Gasteiger partial charge in [-0.3, -0.25) is 4.79 Å². The van der Waals surface area contributed by atoms with Crippen LogP contribution in [0.25, 0.3) is 0 Å². The fraction of sp³-hybridized carbons (Fsp3) is 0.923. The first-order chi connectivity index (χ1) is 8.41. The van der Waals surface area contributed by atoms with Crippen molar-refractivity contribution in [1.29, 1.82) is 0 Å². The number of amides is 1. The Hall–Kier alpha value is -0.710. The monoisotopic (exact) mass is 263 g/mol. The van der Waals surface area contributed by atoms with E-state index in [2.05, 4.69) is 0 Å². The highest BCUT2D eigenvalue weighted by Gasteiger charge is 2.49. The first-order valence-corrected chi connectivity index (χ1v) is 6.67. The molecule has 0 N–H and O–H groups in total. The van der Waals surface area contributed by atoms with Crippen molar-refractivity contribution in [2.45, 2.75) is 52.0 Å². The molecular weight excluding hydrogens is 240 g/mol. The van der Waals surface area contributed by atoms with Crippen molar-refractivity contribution in [1.82, 2.24) is 4.90 Å². The minimum absolute atomic E-state index is 0.192. The Morgan fingerprint density at radius 1 is 1.39 bits per heavy atom. The largest absolute Gasteiger partial charge is 0.381 e. The number of carbonyl (C=O) groups is 1. The second-order valence-electron chi connectivity index (χ2n) is 5.10. The molecule has 1 saturated heterocycles. The van der Waals surface area contributed by atoms with Gasteiger partial charge in [-0.25, -0.2) is 0 Å². The van der Waals surface area contributed by atoms with Crippen molar-refractivity contribution in [3.63, 3.8) is 0 Å². The topological polar surface area (TPSA) is 29.5 Å². The van der Waals surface area contributed by atoms with Gasteiger partial charge in [-0.1, -0.05) is 6.92 Å². The minimum atomic E-state index is -3.26. The third-order valence-corrected chi connectivity index (χ3v) is 3.37. The first kappa shape index (κ1) is 15.3. The Labute approximate surface area is 107 Å². The Morgan fingerprint density at radius 2 is 1.94 bits per heavy atom. The molecule has 0 atom stereocenters. The van der Waals surface area contributed by atoms with Crippen LogP contribution >= 0.6 is 0 Å². The Kier molecular flexibility index (Phi) is 5.50. The number of halogens is 2. The SMILES string of the molecule is CCCN(C(=O)C(F)(F)C1CCOCC1)C(C)C. The third-order valence-electron chi connectivity index (χ3n) is 3.37. The van der Waals surface area contributed by atoms with E-state index >= 15 is 0 Å². The van der Waals surface area contributed by atoms with Crippen LogP contribution in [0.5, 0.6) is 0 Å². The predicted molar refractivity (Wildman–Crippen MR) is 65.6 cm³/mol. The van der Waals surface area contributed by atoms with Gasteiger partial charge in [0, 0.05) is 31.7 Å². The number of ether oxygens (including phenoxy) is 1. The molecule has 1 aliphatic rings. The number of rotatable bonds is 5. The van der Waals surface area contributed by atoms with E-state index in [4.69, 9.17) is 4.74 Å². The van der Waals surface area contributed by atoms with Gasteiger partial charge in [-0.2, -0.15) is 8.78 Å². The van der Waals surface area contributed by atoms with Gasteiger partial charge in [0.25, 0.3) is 5.91 Å². The van der Waals surface area contributed by atoms with Gasteiger partial charge in [-0.05, 0) is 33.1 Å². The summed E-state index contributed by atoms with van der Waals surface area (Å²) in [6.45, 7) is 6.46. The van der Waals surface area contributed by atoms with Crippen molar-refractivity contribution in [3.8, 4) is 0 Å². The second-order valence-corrected chi connectivity index (χ2v) is 5.10. The summed E-state index contributed by atoms with van der Waals surface area (Å²) < 4.78 is 33.5. The molecule has 0 saturated carbocycles. The number of nitrogens with zero attached hydrogens (tertiary/aromatic N) is 1. The molecule has 1 fully saturated rings. The third kappa shape index (κ3) is 3.40. The maximum Gasteiger partial charge on any atom is 0.327 e. The van der Waals surface area contributed by atoms with E-state index in [0.717, 1.165) is 0 Å². The van der Waals surface area contributed by atoms with Crippen LogP contribution in [0.4, 0.5) is 8.78 Å². The fourth-order valence-corrected chi connectivity index (χ4v) is 2.26. The normalized spacial score (nSPS) is 18.1. The van der Waals surface area contributed by atoms with Crippen molar-refractivity contribution >= 4 is 5.91 Å².